The van der Waals surface area contributed by atoms with E-state index in [2.05, 4.69) is 33.0 Å². The summed E-state index contributed by atoms with van der Waals surface area (Å²) < 4.78 is 10.7. The summed E-state index contributed by atoms with van der Waals surface area (Å²) in [6.07, 6.45) is 2.14. The number of ether oxygens (including phenoxy) is 2. The Kier molecular flexibility index (Phi) is 6.82. The van der Waals surface area contributed by atoms with Crippen molar-refractivity contribution in [2.75, 3.05) is 20.8 Å². The third kappa shape index (κ3) is 4.27. The number of rotatable bonds is 8. The maximum Gasteiger partial charge on any atom is 0.162 e. The number of methoxy groups -OCH3 is 2. The Hall–Kier alpha value is -0.930. The quantitative estimate of drug-likeness (QED) is 0.745. The van der Waals surface area contributed by atoms with Crippen LogP contribution in [0.3, 0.4) is 0 Å². The molecular formula is C17H28ClNO2. The molecule has 0 spiro atoms. The van der Waals surface area contributed by atoms with Crippen LogP contribution < -0.4 is 14.8 Å². The van der Waals surface area contributed by atoms with E-state index in [1.807, 2.05) is 12.1 Å². The van der Waals surface area contributed by atoms with E-state index in [0.29, 0.717) is 16.5 Å². The lowest BCUT2D eigenvalue weighted by Crippen LogP contribution is -2.34. The monoisotopic (exact) mass is 313 g/mol. The minimum Gasteiger partial charge on any atom is -0.493 e. The lowest BCUT2D eigenvalue weighted by molar-refractivity contribution is 0.234. The van der Waals surface area contributed by atoms with E-state index in [-0.39, 0.29) is 11.5 Å². The Morgan fingerprint density at radius 3 is 2.19 bits per heavy atom. The van der Waals surface area contributed by atoms with Crippen LogP contribution in [0, 0.1) is 5.41 Å². The maximum atomic E-state index is 6.50. The van der Waals surface area contributed by atoms with E-state index in [4.69, 9.17) is 21.1 Å². The van der Waals surface area contributed by atoms with Crippen LogP contribution >= 0.6 is 11.6 Å². The van der Waals surface area contributed by atoms with Crippen LogP contribution in [0.5, 0.6) is 11.5 Å². The van der Waals surface area contributed by atoms with Crippen LogP contribution in [-0.4, -0.2) is 20.8 Å². The fraction of sp³-hybridized carbons (Fsp3) is 0.647. The van der Waals surface area contributed by atoms with Gasteiger partial charge in [0.25, 0.3) is 0 Å². The van der Waals surface area contributed by atoms with E-state index in [1.165, 1.54) is 0 Å². The minimum atomic E-state index is 0.0956. The second-order valence-corrected chi connectivity index (χ2v) is 6.37. The van der Waals surface area contributed by atoms with Gasteiger partial charge >= 0.3 is 0 Å². The highest BCUT2D eigenvalue weighted by molar-refractivity contribution is 6.31. The molecule has 0 heterocycles. The summed E-state index contributed by atoms with van der Waals surface area (Å²) in [5, 5.41) is 4.34. The van der Waals surface area contributed by atoms with Crippen molar-refractivity contribution in [2.45, 2.75) is 46.6 Å². The first kappa shape index (κ1) is 18.1. The molecule has 1 N–H and O–H groups in total. The predicted molar refractivity (Wildman–Crippen MR) is 89.7 cm³/mol. The molecule has 0 aliphatic heterocycles. The van der Waals surface area contributed by atoms with E-state index >= 15 is 0 Å². The zero-order chi connectivity index (χ0) is 16.0. The van der Waals surface area contributed by atoms with Gasteiger partial charge < -0.3 is 14.8 Å². The maximum absolute atomic E-state index is 6.50. The van der Waals surface area contributed by atoms with E-state index in [0.717, 1.165) is 24.9 Å². The molecule has 0 aromatic heterocycles. The summed E-state index contributed by atoms with van der Waals surface area (Å²) in [7, 11) is 3.27. The van der Waals surface area contributed by atoms with Gasteiger partial charge in [0, 0.05) is 17.1 Å². The molecule has 0 bridgehead atoms. The lowest BCUT2D eigenvalue weighted by Gasteiger charge is -2.35. The van der Waals surface area contributed by atoms with Crippen LogP contribution in [0.4, 0.5) is 0 Å². The fourth-order valence-electron chi connectivity index (χ4n) is 2.39. The van der Waals surface area contributed by atoms with Gasteiger partial charge in [0.2, 0.25) is 0 Å². The summed E-state index contributed by atoms with van der Waals surface area (Å²) in [4.78, 5) is 0. The van der Waals surface area contributed by atoms with Crippen molar-refractivity contribution in [3.8, 4) is 11.5 Å². The Bertz CT molecular complexity index is 460. The zero-order valence-electron chi connectivity index (χ0n) is 14.0. The van der Waals surface area contributed by atoms with Gasteiger partial charge in [-0.2, -0.15) is 0 Å². The molecule has 1 atom stereocenters. The minimum absolute atomic E-state index is 0.0956. The first-order valence-electron chi connectivity index (χ1n) is 7.56. The number of nitrogens with one attached hydrogen (secondary N) is 1. The molecule has 0 radical (unpaired) electrons. The highest BCUT2D eigenvalue weighted by atomic mass is 35.5. The van der Waals surface area contributed by atoms with Gasteiger partial charge in [0.15, 0.2) is 11.5 Å². The molecule has 0 fully saturated rings. The molecular weight excluding hydrogens is 286 g/mol. The van der Waals surface area contributed by atoms with Crippen molar-refractivity contribution in [1.29, 1.82) is 0 Å². The van der Waals surface area contributed by atoms with Gasteiger partial charge in [-0.25, -0.2) is 0 Å². The smallest absolute Gasteiger partial charge is 0.162 e. The molecule has 4 heteroatoms. The second-order valence-electron chi connectivity index (χ2n) is 5.96. The van der Waals surface area contributed by atoms with E-state index in [9.17, 15) is 0 Å². The normalized spacial score (nSPS) is 13.1. The first-order chi connectivity index (χ1) is 9.91. The van der Waals surface area contributed by atoms with Gasteiger partial charge in [0.05, 0.1) is 14.2 Å². The van der Waals surface area contributed by atoms with Gasteiger partial charge in [0.1, 0.15) is 0 Å². The highest BCUT2D eigenvalue weighted by Crippen LogP contribution is 2.43. The number of hydrogen-bond donors (Lipinski definition) is 1. The average Bonchev–Trinajstić information content (AvgIpc) is 2.48. The first-order valence-corrected chi connectivity index (χ1v) is 7.93. The molecule has 1 aromatic rings. The molecule has 1 unspecified atom stereocenters. The summed E-state index contributed by atoms with van der Waals surface area (Å²) in [6, 6.07) is 4.00. The predicted octanol–water partition coefficient (Wildman–Crippen LogP) is 4.83. The Balaban J connectivity index is 3.29. The van der Waals surface area contributed by atoms with Crippen molar-refractivity contribution in [3.63, 3.8) is 0 Å². The molecule has 0 saturated heterocycles. The van der Waals surface area contributed by atoms with Gasteiger partial charge in [-0.1, -0.05) is 39.3 Å². The Labute approximate surface area is 134 Å². The zero-order valence-corrected chi connectivity index (χ0v) is 14.8. The molecule has 1 aromatic carbocycles. The van der Waals surface area contributed by atoms with Crippen molar-refractivity contribution in [2.24, 2.45) is 5.41 Å². The molecule has 1 rings (SSSR count). The molecule has 21 heavy (non-hydrogen) atoms. The third-order valence-corrected chi connectivity index (χ3v) is 4.43. The molecule has 3 nitrogen and oxygen atoms in total. The molecule has 120 valence electrons. The van der Waals surface area contributed by atoms with Crippen LogP contribution in [0.2, 0.25) is 5.02 Å². The third-order valence-electron chi connectivity index (χ3n) is 4.11. The SMILES string of the molecule is CCCNC(c1cc(OC)c(OC)cc1Cl)C(C)(C)CC. The van der Waals surface area contributed by atoms with Gasteiger partial charge in [-0.15, -0.1) is 0 Å². The summed E-state index contributed by atoms with van der Waals surface area (Å²) in [5.41, 5.74) is 1.16. The summed E-state index contributed by atoms with van der Waals surface area (Å²) in [6.45, 7) is 9.84. The highest BCUT2D eigenvalue weighted by Gasteiger charge is 2.31. The van der Waals surface area contributed by atoms with Crippen molar-refractivity contribution < 1.29 is 9.47 Å². The van der Waals surface area contributed by atoms with Gasteiger partial charge in [-0.05, 0) is 36.4 Å². The summed E-state index contributed by atoms with van der Waals surface area (Å²) in [5.74, 6) is 1.38. The van der Waals surface area contributed by atoms with Crippen molar-refractivity contribution in [3.05, 3.63) is 22.7 Å². The largest absolute Gasteiger partial charge is 0.493 e. The second kappa shape index (κ2) is 7.90. The lowest BCUT2D eigenvalue weighted by atomic mass is 9.78. The fourth-order valence-corrected chi connectivity index (χ4v) is 2.65. The van der Waals surface area contributed by atoms with Crippen molar-refractivity contribution >= 4 is 11.6 Å². The molecule has 0 amide bonds. The molecule has 0 aliphatic carbocycles. The Morgan fingerprint density at radius 1 is 1.14 bits per heavy atom. The standard InChI is InChI=1S/C17H28ClNO2/c1-7-9-19-16(17(3,4)8-2)12-10-14(20-5)15(21-6)11-13(12)18/h10-11,16,19H,7-9H2,1-6H3. The van der Waals surface area contributed by atoms with Crippen LogP contribution in [0.25, 0.3) is 0 Å². The topological polar surface area (TPSA) is 30.5 Å². The number of benzene rings is 1. The van der Waals surface area contributed by atoms with Crippen LogP contribution in [0.15, 0.2) is 12.1 Å². The Morgan fingerprint density at radius 2 is 1.71 bits per heavy atom. The van der Waals surface area contributed by atoms with E-state index < -0.39 is 0 Å². The number of halogens is 1. The van der Waals surface area contributed by atoms with Gasteiger partial charge in [-0.3, -0.25) is 0 Å². The molecule has 0 aliphatic rings. The van der Waals surface area contributed by atoms with Crippen LogP contribution in [0.1, 0.15) is 52.1 Å². The van der Waals surface area contributed by atoms with E-state index in [1.54, 1.807) is 14.2 Å². The average molecular weight is 314 g/mol. The van der Waals surface area contributed by atoms with Crippen molar-refractivity contribution in [1.82, 2.24) is 5.32 Å². The van der Waals surface area contributed by atoms with Crippen LogP contribution in [-0.2, 0) is 0 Å². The molecule has 0 saturated carbocycles. The number of hydrogen-bond acceptors (Lipinski definition) is 3. The summed E-state index contributed by atoms with van der Waals surface area (Å²) >= 11 is 6.50.